The molecule has 2 aromatic carbocycles. The van der Waals surface area contributed by atoms with E-state index < -0.39 is 5.82 Å². The van der Waals surface area contributed by atoms with Gasteiger partial charge in [0.25, 0.3) is 5.91 Å². The van der Waals surface area contributed by atoms with E-state index in [4.69, 9.17) is 11.6 Å². The van der Waals surface area contributed by atoms with E-state index in [0.717, 1.165) is 22.6 Å². The fourth-order valence-electron chi connectivity index (χ4n) is 2.39. The van der Waals surface area contributed by atoms with Crippen molar-refractivity contribution in [3.05, 3.63) is 64.4 Å². The van der Waals surface area contributed by atoms with Gasteiger partial charge in [-0.05, 0) is 48.4 Å². The molecule has 0 aromatic heterocycles. The molecule has 1 N–H and O–H groups in total. The number of hydrogen-bond acceptors (Lipinski definition) is 2. The number of rotatable bonds is 2. The second kappa shape index (κ2) is 6.08. The summed E-state index contributed by atoms with van der Waals surface area (Å²) in [4.78, 5) is 13.4. The van der Waals surface area contributed by atoms with Crippen LogP contribution in [0.4, 0.5) is 4.39 Å². The van der Waals surface area contributed by atoms with Gasteiger partial charge < -0.3 is 5.32 Å². The van der Waals surface area contributed by atoms with Crippen LogP contribution in [-0.4, -0.2) is 11.7 Å². The molecule has 0 bridgehead atoms. The van der Waals surface area contributed by atoms with Crippen molar-refractivity contribution >= 4 is 29.3 Å². The van der Waals surface area contributed by atoms with Gasteiger partial charge in [-0.2, -0.15) is 0 Å². The molecule has 108 valence electrons. The lowest BCUT2D eigenvalue weighted by Crippen LogP contribution is -2.30. The third kappa shape index (κ3) is 3.22. The van der Waals surface area contributed by atoms with E-state index in [2.05, 4.69) is 5.32 Å². The summed E-state index contributed by atoms with van der Waals surface area (Å²) < 4.78 is 13.2. The van der Waals surface area contributed by atoms with Crippen LogP contribution in [0.2, 0.25) is 5.02 Å². The van der Waals surface area contributed by atoms with Crippen molar-refractivity contribution in [2.24, 2.45) is 0 Å². The minimum absolute atomic E-state index is 0.0873. The maximum Gasteiger partial charge on any atom is 0.251 e. The zero-order valence-corrected chi connectivity index (χ0v) is 12.7. The molecule has 0 saturated carbocycles. The van der Waals surface area contributed by atoms with Crippen LogP contribution in [0, 0.1) is 5.82 Å². The Morgan fingerprint density at radius 3 is 2.95 bits per heavy atom. The van der Waals surface area contributed by atoms with E-state index in [1.54, 1.807) is 17.8 Å². The molecule has 1 heterocycles. The summed E-state index contributed by atoms with van der Waals surface area (Å²) in [5, 5.41) is 3.62. The van der Waals surface area contributed by atoms with Crippen molar-refractivity contribution in [3.8, 4) is 0 Å². The lowest BCUT2D eigenvalue weighted by atomic mass is 10.0. The van der Waals surface area contributed by atoms with Gasteiger partial charge >= 0.3 is 0 Å². The number of hydrogen-bond donors (Lipinski definition) is 1. The third-order valence-electron chi connectivity index (χ3n) is 3.40. The average molecular weight is 322 g/mol. The summed E-state index contributed by atoms with van der Waals surface area (Å²) in [7, 11) is 0. The van der Waals surface area contributed by atoms with Gasteiger partial charge in [0.05, 0.1) is 6.04 Å². The second-order valence-electron chi connectivity index (χ2n) is 4.86. The molecule has 1 amide bonds. The van der Waals surface area contributed by atoms with Crippen molar-refractivity contribution in [2.75, 3.05) is 5.75 Å². The molecule has 0 radical (unpaired) electrons. The number of carbonyl (C=O) groups is 1. The summed E-state index contributed by atoms with van der Waals surface area (Å²) in [6.45, 7) is 0. The summed E-state index contributed by atoms with van der Waals surface area (Å²) in [5.41, 5.74) is 1.36. The Labute approximate surface area is 131 Å². The Balaban J connectivity index is 1.83. The average Bonchev–Trinajstić information content (AvgIpc) is 2.48. The largest absolute Gasteiger partial charge is 0.345 e. The summed E-state index contributed by atoms with van der Waals surface area (Å²) in [5.74, 6) is 0.255. The molecule has 3 rings (SSSR count). The SMILES string of the molecule is O=C(NC1CCSc2ccc(Cl)cc21)c1cccc(F)c1. The van der Waals surface area contributed by atoms with Crippen molar-refractivity contribution in [3.63, 3.8) is 0 Å². The third-order valence-corrected chi connectivity index (χ3v) is 4.76. The van der Waals surface area contributed by atoms with E-state index in [1.165, 1.54) is 18.2 Å². The molecule has 21 heavy (non-hydrogen) atoms. The van der Waals surface area contributed by atoms with Crippen LogP contribution in [-0.2, 0) is 0 Å². The van der Waals surface area contributed by atoms with E-state index in [1.807, 2.05) is 18.2 Å². The molecule has 5 heteroatoms. The predicted molar refractivity (Wildman–Crippen MR) is 83.4 cm³/mol. The summed E-state index contributed by atoms with van der Waals surface area (Å²) in [6.07, 6.45) is 0.832. The predicted octanol–water partition coefficient (Wildman–Crippen LogP) is 4.45. The Morgan fingerprint density at radius 1 is 1.29 bits per heavy atom. The molecule has 0 fully saturated rings. The monoisotopic (exact) mass is 321 g/mol. The number of amides is 1. The Hall–Kier alpha value is -1.52. The van der Waals surface area contributed by atoms with Gasteiger partial charge in [0.1, 0.15) is 5.82 Å². The van der Waals surface area contributed by atoms with Gasteiger partial charge in [-0.25, -0.2) is 4.39 Å². The Kier molecular flexibility index (Phi) is 4.17. The van der Waals surface area contributed by atoms with Gasteiger partial charge in [-0.3, -0.25) is 4.79 Å². The minimum Gasteiger partial charge on any atom is -0.345 e. The van der Waals surface area contributed by atoms with Gasteiger partial charge in [-0.15, -0.1) is 11.8 Å². The number of nitrogens with one attached hydrogen (secondary N) is 1. The van der Waals surface area contributed by atoms with Crippen molar-refractivity contribution in [1.82, 2.24) is 5.32 Å². The van der Waals surface area contributed by atoms with E-state index in [0.29, 0.717) is 10.6 Å². The lowest BCUT2D eigenvalue weighted by molar-refractivity contribution is 0.0934. The Morgan fingerprint density at radius 2 is 2.14 bits per heavy atom. The smallest absolute Gasteiger partial charge is 0.251 e. The summed E-state index contributed by atoms with van der Waals surface area (Å²) >= 11 is 7.80. The molecule has 1 aliphatic rings. The van der Waals surface area contributed by atoms with Crippen LogP contribution in [0.15, 0.2) is 47.4 Å². The standard InChI is InChI=1S/C16H13ClFNOS/c17-11-4-5-15-13(9-11)14(6-7-21-15)19-16(20)10-2-1-3-12(18)8-10/h1-5,8-9,14H,6-7H2,(H,19,20). The number of thioether (sulfide) groups is 1. The van der Waals surface area contributed by atoms with Crippen LogP contribution in [0.1, 0.15) is 28.4 Å². The van der Waals surface area contributed by atoms with Gasteiger partial charge in [0.2, 0.25) is 0 Å². The number of benzene rings is 2. The first-order valence-corrected chi connectivity index (χ1v) is 7.98. The van der Waals surface area contributed by atoms with Gasteiger partial charge in [0, 0.05) is 21.2 Å². The topological polar surface area (TPSA) is 29.1 Å². The van der Waals surface area contributed by atoms with E-state index in [-0.39, 0.29) is 11.9 Å². The van der Waals surface area contributed by atoms with Crippen molar-refractivity contribution < 1.29 is 9.18 Å². The molecular formula is C16H13ClFNOS. The summed E-state index contributed by atoms with van der Waals surface area (Å²) in [6, 6.07) is 11.3. The zero-order valence-electron chi connectivity index (χ0n) is 11.1. The van der Waals surface area contributed by atoms with Crippen LogP contribution >= 0.6 is 23.4 Å². The first-order chi connectivity index (χ1) is 10.1. The Bertz CT molecular complexity index is 692. The fraction of sp³-hybridized carbons (Fsp3) is 0.188. The maximum atomic E-state index is 13.2. The highest BCUT2D eigenvalue weighted by molar-refractivity contribution is 7.99. The number of carbonyl (C=O) groups excluding carboxylic acids is 1. The quantitative estimate of drug-likeness (QED) is 0.885. The minimum atomic E-state index is -0.412. The normalized spacial score (nSPS) is 17.1. The van der Waals surface area contributed by atoms with Crippen LogP contribution in [0.3, 0.4) is 0 Å². The fourth-order valence-corrected chi connectivity index (χ4v) is 3.67. The van der Waals surface area contributed by atoms with E-state index >= 15 is 0 Å². The highest BCUT2D eigenvalue weighted by atomic mass is 35.5. The molecule has 0 spiro atoms. The van der Waals surface area contributed by atoms with Gasteiger partial charge in [-0.1, -0.05) is 17.7 Å². The van der Waals surface area contributed by atoms with Gasteiger partial charge in [0.15, 0.2) is 0 Å². The highest BCUT2D eigenvalue weighted by Crippen LogP contribution is 2.37. The molecule has 2 aromatic rings. The number of fused-ring (bicyclic) bond motifs is 1. The molecular weight excluding hydrogens is 309 g/mol. The molecule has 1 unspecified atom stereocenters. The van der Waals surface area contributed by atoms with Crippen molar-refractivity contribution in [1.29, 1.82) is 0 Å². The molecule has 1 atom stereocenters. The molecule has 2 nitrogen and oxygen atoms in total. The first kappa shape index (κ1) is 14.4. The number of halogens is 2. The molecule has 1 aliphatic heterocycles. The van der Waals surface area contributed by atoms with Crippen LogP contribution in [0.5, 0.6) is 0 Å². The van der Waals surface area contributed by atoms with Crippen LogP contribution in [0.25, 0.3) is 0 Å². The highest BCUT2D eigenvalue weighted by Gasteiger charge is 2.23. The first-order valence-electron chi connectivity index (χ1n) is 6.62. The maximum absolute atomic E-state index is 13.2. The molecule has 0 saturated heterocycles. The zero-order chi connectivity index (χ0) is 14.8. The lowest BCUT2D eigenvalue weighted by Gasteiger charge is -2.26. The second-order valence-corrected chi connectivity index (χ2v) is 6.43. The van der Waals surface area contributed by atoms with Crippen molar-refractivity contribution in [2.45, 2.75) is 17.4 Å². The van der Waals surface area contributed by atoms with Crippen LogP contribution < -0.4 is 5.32 Å². The van der Waals surface area contributed by atoms with E-state index in [9.17, 15) is 9.18 Å². The molecule has 0 aliphatic carbocycles.